The minimum atomic E-state index is -0.179. The Hall–Kier alpha value is -1.95. The number of fused-ring (bicyclic) bond motifs is 1. The van der Waals surface area contributed by atoms with Gasteiger partial charge in [-0.15, -0.1) is 11.3 Å². The van der Waals surface area contributed by atoms with E-state index >= 15 is 0 Å². The monoisotopic (exact) mass is 288 g/mol. The fourth-order valence-electron chi connectivity index (χ4n) is 2.34. The number of rotatable bonds is 3. The highest BCUT2D eigenvalue weighted by Crippen LogP contribution is 2.30. The lowest BCUT2D eigenvalue weighted by atomic mass is 10.2. The number of carbonyl (C=O) groups excluding carboxylic acids is 1. The van der Waals surface area contributed by atoms with Gasteiger partial charge in [0.2, 0.25) is 0 Å². The second kappa shape index (κ2) is 5.20. The normalized spacial score (nSPS) is 13.2. The summed E-state index contributed by atoms with van der Waals surface area (Å²) in [5.74, 6) is 0.192. The van der Waals surface area contributed by atoms with Crippen LogP contribution in [-0.4, -0.2) is 15.9 Å². The zero-order valence-electron chi connectivity index (χ0n) is 11.3. The average Bonchev–Trinajstić information content (AvgIpc) is 2.98. The SMILES string of the molecule is CCc1cc(C(=O)Nc2nc3c(s2)CCC3)cc(N)n1. The summed E-state index contributed by atoms with van der Waals surface area (Å²) in [6.07, 6.45) is 4.01. The fourth-order valence-corrected chi connectivity index (χ4v) is 3.38. The van der Waals surface area contributed by atoms with E-state index in [0.717, 1.165) is 30.7 Å². The van der Waals surface area contributed by atoms with Crippen molar-refractivity contribution in [3.05, 3.63) is 34.0 Å². The predicted molar refractivity (Wildman–Crippen MR) is 80.1 cm³/mol. The molecule has 0 unspecified atom stereocenters. The first-order valence-corrected chi connectivity index (χ1v) is 7.53. The third kappa shape index (κ3) is 2.51. The van der Waals surface area contributed by atoms with Crippen LogP contribution in [0.3, 0.4) is 0 Å². The maximum Gasteiger partial charge on any atom is 0.257 e. The number of aryl methyl sites for hydroxylation is 3. The van der Waals surface area contributed by atoms with Crippen molar-refractivity contribution in [1.82, 2.24) is 9.97 Å². The molecule has 6 heteroatoms. The molecule has 0 saturated heterocycles. The van der Waals surface area contributed by atoms with E-state index in [1.165, 1.54) is 11.3 Å². The van der Waals surface area contributed by atoms with Crippen molar-refractivity contribution >= 4 is 28.2 Å². The van der Waals surface area contributed by atoms with Crippen LogP contribution < -0.4 is 11.1 Å². The van der Waals surface area contributed by atoms with Crippen molar-refractivity contribution in [1.29, 1.82) is 0 Å². The van der Waals surface area contributed by atoms with Gasteiger partial charge in [-0.3, -0.25) is 10.1 Å². The molecule has 5 nitrogen and oxygen atoms in total. The minimum Gasteiger partial charge on any atom is -0.384 e. The number of hydrogen-bond acceptors (Lipinski definition) is 5. The molecule has 2 aromatic heterocycles. The Kier molecular flexibility index (Phi) is 3.40. The van der Waals surface area contributed by atoms with Crippen molar-refractivity contribution in [3.8, 4) is 0 Å². The molecule has 0 aliphatic heterocycles. The number of nitrogen functional groups attached to an aromatic ring is 1. The summed E-state index contributed by atoms with van der Waals surface area (Å²) in [6, 6.07) is 3.36. The zero-order valence-corrected chi connectivity index (χ0v) is 12.1. The van der Waals surface area contributed by atoms with Crippen molar-refractivity contribution < 1.29 is 4.79 Å². The van der Waals surface area contributed by atoms with Gasteiger partial charge in [0.25, 0.3) is 5.91 Å². The van der Waals surface area contributed by atoms with Crippen LogP contribution in [0.25, 0.3) is 0 Å². The second-order valence-electron chi connectivity index (χ2n) is 4.82. The molecule has 0 bridgehead atoms. The maximum atomic E-state index is 12.2. The van der Waals surface area contributed by atoms with Crippen molar-refractivity contribution in [2.75, 3.05) is 11.1 Å². The molecule has 1 aliphatic carbocycles. The molecular weight excluding hydrogens is 272 g/mol. The number of amides is 1. The number of hydrogen-bond donors (Lipinski definition) is 2. The van der Waals surface area contributed by atoms with Gasteiger partial charge >= 0.3 is 0 Å². The molecule has 20 heavy (non-hydrogen) atoms. The first-order valence-electron chi connectivity index (χ1n) is 6.72. The summed E-state index contributed by atoms with van der Waals surface area (Å²) in [6.45, 7) is 1.98. The van der Waals surface area contributed by atoms with E-state index in [9.17, 15) is 4.79 Å². The standard InChI is InChI=1S/C14H16N4OS/c1-2-9-6-8(7-12(15)16-9)13(19)18-14-17-10-4-3-5-11(10)20-14/h6-7H,2-5H2,1H3,(H2,15,16)(H,17,18,19). The molecule has 0 spiro atoms. The van der Waals surface area contributed by atoms with Gasteiger partial charge in [-0.2, -0.15) is 0 Å². The van der Waals surface area contributed by atoms with Crippen LogP contribution in [0.15, 0.2) is 12.1 Å². The summed E-state index contributed by atoms with van der Waals surface area (Å²) < 4.78 is 0. The van der Waals surface area contributed by atoms with Crippen LogP contribution in [-0.2, 0) is 19.3 Å². The topological polar surface area (TPSA) is 80.9 Å². The second-order valence-corrected chi connectivity index (χ2v) is 5.91. The Morgan fingerprint density at radius 1 is 1.40 bits per heavy atom. The van der Waals surface area contributed by atoms with Gasteiger partial charge in [-0.05, 0) is 37.8 Å². The van der Waals surface area contributed by atoms with Gasteiger partial charge in [-0.25, -0.2) is 9.97 Å². The van der Waals surface area contributed by atoms with Gasteiger partial charge in [0.05, 0.1) is 5.69 Å². The summed E-state index contributed by atoms with van der Waals surface area (Å²) in [5.41, 5.74) is 8.20. The Labute approximate surface area is 121 Å². The summed E-state index contributed by atoms with van der Waals surface area (Å²) >= 11 is 1.57. The van der Waals surface area contributed by atoms with E-state index in [1.54, 1.807) is 23.5 Å². The maximum absolute atomic E-state index is 12.2. The molecule has 2 aromatic rings. The van der Waals surface area contributed by atoms with E-state index in [1.807, 2.05) is 6.92 Å². The highest BCUT2D eigenvalue weighted by Gasteiger charge is 2.18. The van der Waals surface area contributed by atoms with Gasteiger partial charge < -0.3 is 5.73 Å². The Morgan fingerprint density at radius 3 is 3.00 bits per heavy atom. The van der Waals surface area contributed by atoms with E-state index < -0.39 is 0 Å². The number of aromatic nitrogens is 2. The summed E-state index contributed by atoms with van der Waals surface area (Å²) in [4.78, 5) is 22.2. The van der Waals surface area contributed by atoms with Crippen LogP contribution in [0.5, 0.6) is 0 Å². The van der Waals surface area contributed by atoms with Crippen LogP contribution in [0.4, 0.5) is 10.9 Å². The average molecular weight is 288 g/mol. The number of nitrogens with one attached hydrogen (secondary N) is 1. The number of nitrogens with zero attached hydrogens (tertiary/aromatic N) is 2. The van der Waals surface area contributed by atoms with Gasteiger partial charge in [0, 0.05) is 16.1 Å². The third-order valence-electron chi connectivity index (χ3n) is 3.34. The number of pyridine rings is 1. The van der Waals surface area contributed by atoms with E-state index in [-0.39, 0.29) is 5.91 Å². The molecular formula is C14H16N4OS. The molecule has 0 fully saturated rings. The third-order valence-corrected chi connectivity index (χ3v) is 4.41. The summed E-state index contributed by atoms with van der Waals surface area (Å²) in [5, 5.41) is 3.53. The van der Waals surface area contributed by atoms with Crippen molar-refractivity contribution in [2.24, 2.45) is 0 Å². The lowest BCUT2D eigenvalue weighted by Gasteiger charge is -2.05. The van der Waals surface area contributed by atoms with Crippen molar-refractivity contribution in [3.63, 3.8) is 0 Å². The van der Waals surface area contributed by atoms with E-state index in [0.29, 0.717) is 16.5 Å². The van der Waals surface area contributed by atoms with Crippen LogP contribution >= 0.6 is 11.3 Å². The molecule has 1 aliphatic rings. The van der Waals surface area contributed by atoms with Crippen LogP contribution in [0.1, 0.15) is 40.0 Å². The van der Waals surface area contributed by atoms with Crippen LogP contribution in [0.2, 0.25) is 0 Å². The first-order chi connectivity index (χ1) is 9.65. The highest BCUT2D eigenvalue weighted by molar-refractivity contribution is 7.15. The number of anilines is 2. The molecule has 0 saturated carbocycles. The molecule has 104 valence electrons. The Morgan fingerprint density at radius 2 is 2.25 bits per heavy atom. The fraction of sp³-hybridized carbons (Fsp3) is 0.357. The number of carbonyl (C=O) groups is 1. The molecule has 3 N–H and O–H groups in total. The van der Waals surface area contributed by atoms with Gasteiger partial charge in [0.1, 0.15) is 5.82 Å². The van der Waals surface area contributed by atoms with Crippen LogP contribution in [0, 0.1) is 0 Å². The Bertz CT molecular complexity index is 644. The Balaban J connectivity index is 1.80. The molecule has 0 aromatic carbocycles. The van der Waals surface area contributed by atoms with E-state index in [4.69, 9.17) is 5.73 Å². The summed E-state index contributed by atoms with van der Waals surface area (Å²) in [7, 11) is 0. The first kappa shape index (κ1) is 13.1. The highest BCUT2D eigenvalue weighted by atomic mass is 32.1. The van der Waals surface area contributed by atoms with E-state index in [2.05, 4.69) is 15.3 Å². The van der Waals surface area contributed by atoms with Gasteiger partial charge in [0.15, 0.2) is 5.13 Å². The molecule has 0 radical (unpaired) electrons. The number of nitrogens with two attached hydrogens (primary N) is 1. The molecule has 0 atom stereocenters. The lowest BCUT2D eigenvalue weighted by Crippen LogP contribution is -2.13. The largest absolute Gasteiger partial charge is 0.384 e. The number of thiazole rings is 1. The molecule has 1 amide bonds. The van der Waals surface area contributed by atoms with Crippen molar-refractivity contribution in [2.45, 2.75) is 32.6 Å². The zero-order chi connectivity index (χ0) is 14.1. The molecule has 3 rings (SSSR count). The smallest absolute Gasteiger partial charge is 0.257 e. The molecule has 2 heterocycles. The lowest BCUT2D eigenvalue weighted by molar-refractivity contribution is 0.102. The quantitative estimate of drug-likeness (QED) is 0.909. The van der Waals surface area contributed by atoms with Gasteiger partial charge in [-0.1, -0.05) is 6.92 Å². The minimum absolute atomic E-state index is 0.179. The predicted octanol–water partition coefficient (Wildman–Crippen LogP) is 2.42.